The first-order valence-corrected chi connectivity index (χ1v) is 8.39. The zero-order chi connectivity index (χ0) is 14.4. The normalized spacial score (nSPS) is 30.0. The number of nitrogens with zero attached hydrogens (tertiary/aromatic N) is 1. The molecule has 2 fully saturated rings. The summed E-state index contributed by atoms with van der Waals surface area (Å²) < 4.78 is 0. The van der Waals surface area contributed by atoms with E-state index in [4.69, 9.17) is 5.73 Å². The number of carbonyl (C=O) groups excluding carboxylic acids is 1. The highest BCUT2D eigenvalue weighted by Crippen LogP contribution is 2.60. The minimum atomic E-state index is 0.237. The second kappa shape index (κ2) is 5.13. The molecule has 3 nitrogen and oxygen atoms in total. The third-order valence-electron chi connectivity index (χ3n) is 5.78. The Morgan fingerprint density at radius 1 is 1.24 bits per heavy atom. The van der Waals surface area contributed by atoms with Crippen molar-refractivity contribution in [2.45, 2.75) is 44.1 Å². The van der Waals surface area contributed by atoms with E-state index in [1.165, 1.54) is 36.8 Å². The Morgan fingerprint density at radius 3 is 2.76 bits per heavy atom. The van der Waals surface area contributed by atoms with E-state index in [-0.39, 0.29) is 5.92 Å². The average Bonchev–Trinajstić information content (AvgIpc) is 3.19. The van der Waals surface area contributed by atoms with E-state index in [0.29, 0.717) is 30.3 Å². The molecule has 4 rings (SSSR count). The van der Waals surface area contributed by atoms with Crippen molar-refractivity contribution >= 4 is 5.91 Å². The average molecular weight is 284 g/mol. The molecule has 2 N–H and O–H groups in total. The van der Waals surface area contributed by atoms with E-state index in [0.717, 1.165) is 13.0 Å². The highest BCUT2D eigenvalue weighted by molar-refractivity contribution is 5.84. The van der Waals surface area contributed by atoms with Crippen LogP contribution >= 0.6 is 0 Å². The molecule has 1 aromatic rings. The topological polar surface area (TPSA) is 46.3 Å². The van der Waals surface area contributed by atoms with Crippen molar-refractivity contribution in [1.82, 2.24) is 4.90 Å². The smallest absolute Gasteiger partial charge is 0.226 e. The van der Waals surface area contributed by atoms with Crippen LogP contribution in [0.3, 0.4) is 0 Å². The van der Waals surface area contributed by atoms with Crippen LogP contribution in [0, 0.1) is 11.8 Å². The largest absolute Gasteiger partial charge is 0.338 e. The Hall–Kier alpha value is -1.35. The number of amides is 1. The minimum absolute atomic E-state index is 0.237. The van der Waals surface area contributed by atoms with E-state index < -0.39 is 0 Å². The molecular formula is C18H24N2O. The van der Waals surface area contributed by atoms with Crippen molar-refractivity contribution < 1.29 is 4.79 Å². The van der Waals surface area contributed by atoms with Crippen LogP contribution in [0.5, 0.6) is 0 Å². The minimum Gasteiger partial charge on any atom is -0.338 e. The highest BCUT2D eigenvalue weighted by Gasteiger charge is 2.58. The maximum atomic E-state index is 13.0. The van der Waals surface area contributed by atoms with Crippen LogP contribution in [0.1, 0.15) is 42.7 Å². The van der Waals surface area contributed by atoms with Gasteiger partial charge in [0.1, 0.15) is 0 Å². The van der Waals surface area contributed by atoms with Gasteiger partial charge < -0.3 is 10.6 Å². The van der Waals surface area contributed by atoms with Crippen molar-refractivity contribution in [3.8, 4) is 0 Å². The summed E-state index contributed by atoms with van der Waals surface area (Å²) in [6.45, 7) is 1.32. The molecule has 3 aliphatic rings. The van der Waals surface area contributed by atoms with Crippen LogP contribution in [0.25, 0.3) is 0 Å². The fraction of sp³-hybridized carbons (Fsp3) is 0.611. The van der Waals surface area contributed by atoms with Gasteiger partial charge in [0.25, 0.3) is 0 Å². The van der Waals surface area contributed by atoms with Gasteiger partial charge in [0.2, 0.25) is 5.91 Å². The molecule has 3 unspecified atom stereocenters. The summed E-state index contributed by atoms with van der Waals surface area (Å²) in [5, 5.41) is 0. The Kier molecular flexibility index (Phi) is 3.26. The van der Waals surface area contributed by atoms with Crippen LogP contribution in [0.4, 0.5) is 0 Å². The molecule has 21 heavy (non-hydrogen) atoms. The van der Waals surface area contributed by atoms with E-state index in [1.807, 2.05) is 0 Å². The molecule has 0 spiro atoms. The maximum Gasteiger partial charge on any atom is 0.226 e. The number of benzene rings is 1. The van der Waals surface area contributed by atoms with Crippen molar-refractivity contribution in [3.63, 3.8) is 0 Å². The monoisotopic (exact) mass is 284 g/mol. The van der Waals surface area contributed by atoms with Crippen molar-refractivity contribution in [2.24, 2.45) is 17.6 Å². The molecule has 0 aromatic heterocycles. The summed E-state index contributed by atoms with van der Waals surface area (Å²) >= 11 is 0. The van der Waals surface area contributed by atoms with Gasteiger partial charge in [0, 0.05) is 25.0 Å². The van der Waals surface area contributed by atoms with Crippen LogP contribution in [0.2, 0.25) is 0 Å². The molecule has 1 amide bonds. The fourth-order valence-corrected chi connectivity index (χ4v) is 4.40. The van der Waals surface area contributed by atoms with Gasteiger partial charge in [-0.3, -0.25) is 4.79 Å². The van der Waals surface area contributed by atoms with Crippen molar-refractivity contribution in [3.05, 3.63) is 35.4 Å². The number of hydrogen-bond donors (Lipinski definition) is 1. The van der Waals surface area contributed by atoms with Gasteiger partial charge in [-0.25, -0.2) is 0 Å². The molecule has 1 aromatic carbocycles. The highest BCUT2D eigenvalue weighted by atomic mass is 16.2. The van der Waals surface area contributed by atoms with Gasteiger partial charge in [-0.05, 0) is 55.1 Å². The van der Waals surface area contributed by atoms with Crippen LogP contribution in [-0.4, -0.2) is 29.9 Å². The van der Waals surface area contributed by atoms with E-state index in [2.05, 4.69) is 29.2 Å². The number of aryl methyl sites for hydroxylation is 1. The molecule has 3 atom stereocenters. The SMILES string of the molecule is NCCN(C(=O)C1C2CCc3ccccc3C21)C1CCC1. The van der Waals surface area contributed by atoms with Gasteiger partial charge in [0.05, 0.1) is 0 Å². The molecule has 0 aliphatic heterocycles. The second-order valence-corrected chi connectivity index (χ2v) is 6.86. The van der Waals surface area contributed by atoms with Crippen molar-refractivity contribution in [2.75, 3.05) is 13.1 Å². The van der Waals surface area contributed by atoms with Crippen LogP contribution in [0.15, 0.2) is 24.3 Å². The Bertz CT molecular complexity index is 552. The molecule has 0 heterocycles. The standard InChI is InChI=1S/C18H24N2O/c19-10-11-20(13-5-3-6-13)18(21)17-15-9-8-12-4-1-2-7-14(12)16(15)17/h1-2,4,7,13,15-17H,3,5-6,8-11,19H2. The zero-order valence-corrected chi connectivity index (χ0v) is 12.5. The number of nitrogens with two attached hydrogens (primary N) is 1. The lowest BCUT2D eigenvalue weighted by atomic mass is 9.91. The maximum absolute atomic E-state index is 13.0. The molecule has 0 bridgehead atoms. The first kappa shape index (κ1) is 13.3. The molecule has 3 heteroatoms. The lowest BCUT2D eigenvalue weighted by Gasteiger charge is -2.37. The molecular weight excluding hydrogens is 260 g/mol. The quantitative estimate of drug-likeness (QED) is 0.922. The summed E-state index contributed by atoms with van der Waals surface area (Å²) in [7, 11) is 0. The predicted molar refractivity (Wildman–Crippen MR) is 82.9 cm³/mol. The summed E-state index contributed by atoms with van der Waals surface area (Å²) in [5.41, 5.74) is 8.63. The molecule has 0 saturated heterocycles. The van der Waals surface area contributed by atoms with Gasteiger partial charge in [0.15, 0.2) is 0 Å². The first-order chi connectivity index (χ1) is 10.3. The van der Waals surface area contributed by atoms with Crippen molar-refractivity contribution in [1.29, 1.82) is 0 Å². The number of hydrogen-bond acceptors (Lipinski definition) is 2. The molecule has 0 radical (unpaired) electrons. The molecule has 112 valence electrons. The molecule has 3 aliphatic carbocycles. The Morgan fingerprint density at radius 2 is 2.05 bits per heavy atom. The summed E-state index contributed by atoms with van der Waals surface area (Å²) in [4.78, 5) is 15.1. The summed E-state index contributed by atoms with van der Waals surface area (Å²) in [6, 6.07) is 9.17. The first-order valence-electron chi connectivity index (χ1n) is 8.39. The van der Waals surface area contributed by atoms with E-state index in [9.17, 15) is 4.79 Å². The third-order valence-corrected chi connectivity index (χ3v) is 5.78. The van der Waals surface area contributed by atoms with E-state index >= 15 is 0 Å². The molecule has 2 saturated carbocycles. The Balaban J connectivity index is 1.54. The van der Waals surface area contributed by atoms with Gasteiger partial charge >= 0.3 is 0 Å². The van der Waals surface area contributed by atoms with Gasteiger partial charge in [-0.2, -0.15) is 0 Å². The lowest BCUT2D eigenvalue weighted by molar-refractivity contribution is -0.137. The number of rotatable bonds is 4. The predicted octanol–water partition coefficient (Wildman–Crippen LogP) is 2.30. The second-order valence-electron chi connectivity index (χ2n) is 6.86. The summed E-state index contributed by atoms with van der Waals surface area (Å²) in [6.07, 6.45) is 5.93. The third kappa shape index (κ3) is 2.10. The zero-order valence-electron chi connectivity index (χ0n) is 12.5. The number of carbonyl (C=O) groups is 1. The fourth-order valence-electron chi connectivity index (χ4n) is 4.40. The lowest BCUT2D eigenvalue weighted by Crippen LogP contribution is -2.47. The van der Waals surface area contributed by atoms with Gasteiger partial charge in [-0.1, -0.05) is 24.3 Å². The van der Waals surface area contributed by atoms with Gasteiger partial charge in [-0.15, -0.1) is 0 Å². The summed E-state index contributed by atoms with van der Waals surface area (Å²) in [5.74, 6) is 1.70. The number of fused-ring (bicyclic) bond motifs is 3. The van der Waals surface area contributed by atoms with Crippen LogP contribution < -0.4 is 5.73 Å². The van der Waals surface area contributed by atoms with E-state index in [1.54, 1.807) is 0 Å². The Labute approximate surface area is 126 Å². The van der Waals surface area contributed by atoms with Crippen LogP contribution in [-0.2, 0) is 11.2 Å².